The quantitative estimate of drug-likeness (QED) is 0.842. The molecule has 6 heteroatoms. The molecule has 100 valence electrons. The Morgan fingerprint density at radius 3 is 2.53 bits per heavy atom. The fraction of sp³-hybridized carbons (Fsp3) is 0.0769. The zero-order valence-corrected chi connectivity index (χ0v) is 12.5. The van der Waals surface area contributed by atoms with Crippen LogP contribution in [0.4, 0.5) is 5.69 Å². The molecule has 19 heavy (non-hydrogen) atoms. The van der Waals surface area contributed by atoms with Crippen LogP contribution in [0.3, 0.4) is 0 Å². The summed E-state index contributed by atoms with van der Waals surface area (Å²) in [4.78, 5) is 0.121. The first-order valence-corrected chi connectivity index (χ1v) is 7.75. The Kier molecular flexibility index (Phi) is 3.82. The van der Waals surface area contributed by atoms with Crippen LogP contribution in [0.25, 0.3) is 0 Å². The van der Waals surface area contributed by atoms with Crippen molar-refractivity contribution in [3.63, 3.8) is 0 Å². The third-order valence-corrected chi connectivity index (χ3v) is 4.90. The summed E-state index contributed by atoms with van der Waals surface area (Å²) < 4.78 is 27.3. The lowest BCUT2D eigenvalue weighted by molar-refractivity contribution is 0.477. The van der Waals surface area contributed by atoms with E-state index in [4.69, 9.17) is 0 Å². The smallest absolute Gasteiger partial charge is 0.263 e. The molecule has 0 amide bonds. The molecule has 2 N–H and O–H groups in total. The molecule has 0 atom stereocenters. The zero-order valence-electron chi connectivity index (χ0n) is 10.1. The molecule has 4 nitrogen and oxygen atoms in total. The van der Waals surface area contributed by atoms with E-state index in [0.717, 1.165) is 5.56 Å². The molecule has 2 aromatic carbocycles. The van der Waals surface area contributed by atoms with Crippen LogP contribution >= 0.6 is 15.9 Å². The van der Waals surface area contributed by atoms with Crippen LogP contribution in [0.15, 0.2) is 51.8 Å². The lowest BCUT2D eigenvalue weighted by atomic mass is 10.2. The Balaban J connectivity index is 2.43. The van der Waals surface area contributed by atoms with Gasteiger partial charge in [0, 0.05) is 4.47 Å². The van der Waals surface area contributed by atoms with Gasteiger partial charge in [-0.2, -0.15) is 0 Å². The van der Waals surface area contributed by atoms with Gasteiger partial charge < -0.3 is 5.11 Å². The second kappa shape index (κ2) is 5.22. The first-order valence-electron chi connectivity index (χ1n) is 5.47. The van der Waals surface area contributed by atoms with Gasteiger partial charge in [-0.15, -0.1) is 0 Å². The summed E-state index contributed by atoms with van der Waals surface area (Å²) in [6, 6.07) is 11.2. The lowest BCUT2D eigenvalue weighted by Crippen LogP contribution is -2.13. The highest BCUT2D eigenvalue weighted by Gasteiger charge is 2.18. The monoisotopic (exact) mass is 341 g/mol. The number of phenolic OH excluding ortho intramolecular Hbond substituents is 1. The molecule has 0 aliphatic heterocycles. The van der Waals surface area contributed by atoms with E-state index in [1.165, 1.54) is 12.1 Å². The number of aryl methyl sites for hydroxylation is 1. The number of phenols is 1. The third kappa shape index (κ3) is 3.08. The highest BCUT2D eigenvalue weighted by molar-refractivity contribution is 9.10. The second-order valence-corrected chi connectivity index (χ2v) is 6.56. The maximum absolute atomic E-state index is 12.2. The van der Waals surface area contributed by atoms with Crippen molar-refractivity contribution in [3.8, 4) is 5.75 Å². The Labute approximate surface area is 120 Å². The van der Waals surface area contributed by atoms with Crippen LogP contribution in [-0.4, -0.2) is 13.5 Å². The molecule has 0 bridgehead atoms. The zero-order chi connectivity index (χ0) is 14.0. The van der Waals surface area contributed by atoms with Gasteiger partial charge in [-0.25, -0.2) is 8.42 Å². The van der Waals surface area contributed by atoms with Crippen LogP contribution in [0.1, 0.15) is 5.56 Å². The third-order valence-electron chi connectivity index (χ3n) is 2.52. The van der Waals surface area contributed by atoms with Crippen LogP contribution in [0.2, 0.25) is 0 Å². The van der Waals surface area contributed by atoms with Crippen molar-refractivity contribution in [1.82, 2.24) is 0 Å². The Bertz CT molecular complexity index is 714. The van der Waals surface area contributed by atoms with Gasteiger partial charge in [0.1, 0.15) is 10.6 Å². The molecular weight excluding hydrogens is 330 g/mol. The molecule has 0 saturated carbocycles. The predicted molar refractivity (Wildman–Crippen MR) is 77.8 cm³/mol. The number of halogens is 1. The van der Waals surface area contributed by atoms with Crippen molar-refractivity contribution in [2.24, 2.45) is 0 Å². The number of aromatic hydroxyl groups is 1. The standard InChI is InChI=1S/C13H12BrNO3S/c1-9-6-7-12(16)11(8-9)15-19(17,18)13-5-3-2-4-10(13)14/h2-8,15-16H,1H3. The van der Waals surface area contributed by atoms with Gasteiger partial charge in [-0.05, 0) is 52.7 Å². The maximum atomic E-state index is 12.2. The largest absolute Gasteiger partial charge is 0.506 e. The molecule has 2 aromatic rings. The molecular formula is C13H12BrNO3S. The van der Waals surface area contributed by atoms with E-state index in [0.29, 0.717) is 4.47 Å². The van der Waals surface area contributed by atoms with Crippen LogP contribution in [0.5, 0.6) is 5.75 Å². The summed E-state index contributed by atoms with van der Waals surface area (Å²) >= 11 is 3.20. The van der Waals surface area contributed by atoms with Gasteiger partial charge in [0.05, 0.1) is 5.69 Å². The van der Waals surface area contributed by atoms with Gasteiger partial charge in [-0.1, -0.05) is 18.2 Å². The first-order chi connectivity index (χ1) is 8.90. The summed E-state index contributed by atoms with van der Waals surface area (Å²) in [6.45, 7) is 1.82. The Morgan fingerprint density at radius 1 is 1.16 bits per heavy atom. The van der Waals surface area contributed by atoms with Gasteiger partial charge in [0.15, 0.2) is 0 Å². The first kappa shape index (κ1) is 13.9. The SMILES string of the molecule is Cc1ccc(O)c(NS(=O)(=O)c2ccccc2Br)c1. The van der Waals surface area contributed by atoms with E-state index in [1.54, 1.807) is 30.3 Å². The molecule has 0 aromatic heterocycles. The number of hydrogen-bond acceptors (Lipinski definition) is 3. The number of anilines is 1. The fourth-order valence-corrected chi connectivity index (χ4v) is 3.66. The highest BCUT2D eigenvalue weighted by Crippen LogP contribution is 2.28. The van der Waals surface area contributed by atoms with Crippen molar-refractivity contribution < 1.29 is 13.5 Å². The van der Waals surface area contributed by atoms with Gasteiger partial charge in [-0.3, -0.25) is 4.72 Å². The van der Waals surface area contributed by atoms with E-state index in [-0.39, 0.29) is 16.3 Å². The fourth-order valence-electron chi connectivity index (χ4n) is 1.59. The Hall–Kier alpha value is -1.53. The number of nitrogens with one attached hydrogen (secondary N) is 1. The Morgan fingerprint density at radius 2 is 1.84 bits per heavy atom. The van der Waals surface area contributed by atoms with Crippen LogP contribution < -0.4 is 4.72 Å². The normalized spacial score (nSPS) is 11.3. The number of benzene rings is 2. The molecule has 0 saturated heterocycles. The van der Waals surface area contributed by atoms with Crippen molar-refractivity contribution in [2.75, 3.05) is 4.72 Å². The van der Waals surface area contributed by atoms with Gasteiger partial charge in [0.25, 0.3) is 10.0 Å². The van der Waals surface area contributed by atoms with E-state index in [9.17, 15) is 13.5 Å². The molecule has 0 fully saturated rings. The molecule has 2 rings (SSSR count). The van der Waals surface area contributed by atoms with Gasteiger partial charge >= 0.3 is 0 Å². The maximum Gasteiger partial charge on any atom is 0.263 e. The van der Waals surface area contributed by atoms with E-state index in [2.05, 4.69) is 20.7 Å². The summed E-state index contributed by atoms with van der Waals surface area (Å²) in [6.07, 6.45) is 0. The topological polar surface area (TPSA) is 66.4 Å². The minimum absolute atomic E-state index is 0.110. The van der Waals surface area contributed by atoms with E-state index >= 15 is 0 Å². The van der Waals surface area contributed by atoms with Crippen molar-refractivity contribution in [3.05, 3.63) is 52.5 Å². The van der Waals surface area contributed by atoms with Crippen LogP contribution in [0, 0.1) is 6.92 Å². The summed E-state index contributed by atoms with van der Waals surface area (Å²) in [5.41, 5.74) is 1.01. The van der Waals surface area contributed by atoms with Crippen molar-refractivity contribution in [1.29, 1.82) is 0 Å². The highest BCUT2D eigenvalue weighted by atomic mass is 79.9. The number of rotatable bonds is 3. The summed E-state index contributed by atoms with van der Waals surface area (Å²) in [7, 11) is -3.74. The molecule has 0 spiro atoms. The number of sulfonamides is 1. The predicted octanol–water partition coefficient (Wildman–Crippen LogP) is 3.26. The van der Waals surface area contributed by atoms with Gasteiger partial charge in [0.2, 0.25) is 0 Å². The second-order valence-electron chi connectivity index (χ2n) is 4.06. The summed E-state index contributed by atoms with van der Waals surface area (Å²) in [5, 5.41) is 9.68. The van der Waals surface area contributed by atoms with Crippen molar-refractivity contribution >= 4 is 31.6 Å². The molecule has 0 unspecified atom stereocenters. The lowest BCUT2D eigenvalue weighted by Gasteiger charge is -2.11. The van der Waals surface area contributed by atoms with E-state index in [1.807, 2.05) is 6.92 Å². The number of hydrogen-bond donors (Lipinski definition) is 2. The van der Waals surface area contributed by atoms with E-state index < -0.39 is 10.0 Å². The molecule has 0 radical (unpaired) electrons. The average molecular weight is 342 g/mol. The molecule has 0 heterocycles. The summed E-state index contributed by atoms with van der Waals surface area (Å²) in [5.74, 6) is -0.110. The van der Waals surface area contributed by atoms with Crippen molar-refractivity contribution in [2.45, 2.75) is 11.8 Å². The minimum Gasteiger partial charge on any atom is -0.506 e. The average Bonchev–Trinajstić information content (AvgIpc) is 2.34. The molecule has 0 aliphatic carbocycles. The minimum atomic E-state index is -3.74. The molecule has 0 aliphatic rings. The van der Waals surface area contributed by atoms with Crippen LogP contribution in [-0.2, 0) is 10.0 Å².